The number of nitrogens with zero attached hydrogens (tertiary/aromatic N) is 1. The van der Waals surface area contributed by atoms with Crippen LogP contribution in [0.25, 0.3) is 0 Å². The van der Waals surface area contributed by atoms with Gasteiger partial charge >= 0.3 is 0 Å². The van der Waals surface area contributed by atoms with Crippen LogP contribution in [0.15, 0.2) is 0 Å². The average Bonchev–Trinajstić information content (AvgIpc) is 1.36. The van der Waals surface area contributed by atoms with Crippen molar-refractivity contribution in [2.75, 3.05) is 7.05 Å². The molecule has 0 aliphatic heterocycles. The smallest absolute Gasteiger partial charge is 0.157 e. The molecule has 0 atom stereocenters. The molecule has 0 spiro atoms. The van der Waals surface area contributed by atoms with Crippen LogP contribution in [-0.4, -0.2) is 17.5 Å². The van der Waals surface area contributed by atoms with E-state index in [0.29, 0.717) is 0 Å². The summed E-state index contributed by atoms with van der Waals surface area (Å²) in [5.74, 6) is 0. The van der Waals surface area contributed by atoms with Gasteiger partial charge in [0.1, 0.15) is 7.05 Å². The first kappa shape index (κ1) is 9.69. The van der Waals surface area contributed by atoms with Crippen LogP contribution >= 0.6 is 0 Å². The Balaban J connectivity index is 0. The monoisotopic (exact) mass is 103 g/mol. The highest BCUT2D eigenvalue weighted by atomic mass is 16.5. The van der Waals surface area contributed by atoms with Gasteiger partial charge in [0, 0.05) is 13.8 Å². The first-order valence-electron chi connectivity index (χ1n) is 1.85. The van der Waals surface area contributed by atoms with Crippen molar-refractivity contribution in [1.82, 2.24) is 0 Å². The van der Waals surface area contributed by atoms with E-state index in [1.54, 1.807) is 13.8 Å². The van der Waals surface area contributed by atoms with E-state index < -0.39 is 0 Å². The Morgan fingerprint density at radius 2 is 1.57 bits per heavy atom. The Morgan fingerprint density at radius 3 is 1.57 bits per heavy atom. The largest absolute Gasteiger partial charge is 0.624 e. The molecule has 7 heavy (non-hydrogen) atoms. The van der Waals surface area contributed by atoms with Crippen molar-refractivity contribution < 1.29 is 4.74 Å². The van der Waals surface area contributed by atoms with Crippen molar-refractivity contribution in [3.63, 3.8) is 0 Å². The third kappa shape index (κ3) is 5.47. The normalized spacial score (nSPS) is 6.71. The van der Waals surface area contributed by atoms with Crippen molar-refractivity contribution in [3.8, 4) is 0 Å². The molecule has 0 bridgehead atoms. The SMILES string of the molecule is C.CC(C)=[N+](C)[O-]. The minimum atomic E-state index is 0. The predicted octanol–water partition coefficient (Wildman–Crippen LogP) is 1.24. The molecule has 0 aromatic rings. The van der Waals surface area contributed by atoms with E-state index in [2.05, 4.69) is 0 Å². The molecule has 0 fully saturated rings. The van der Waals surface area contributed by atoms with Crippen molar-refractivity contribution >= 4 is 5.71 Å². The zero-order valence-corrected chi connectivity index (χ0v) is 4.36. The van der Waals surface area contributed by atoms with Gasteiger partial charge in [0.05, 0.1) is 0 Å². The van der Waals surface area contributed by atoms with Crippen LogP contribution in [0, 0.1) is 5.21 Å². The van der Waals surface area contributed by atoms with Gasteiger partial charge in [0.15, 0.2) is 5.71 Å². The first-order valence-corrected chi connectivity index (χ1v) is 1.85. The van der Waals surface area contributed by atoms with Gasteiger partial charge in [0.2, 0.25) is 0 Å². The summed E-state index contributed by atoms with van der Waals surface area (Å²) in [6.07, 6.45) is 0. The van der Waals surface area contributed by atoms with Gasteiger partial charge in [-0.2, -0.15) is 0 Å². The molecule has 0 saturated heterocycles. The van der Waals surface area contributed by atoms with E-state index >= 15 is 0 Å². The number of rotatable bonds is 0. The second-order valence-corrected chi connectivity index (χ2v) is 1.44. The van der Waals surface area contributed by atoms with Crippen LogP contribution in [0.5, 0.6) is 0 Å². The molecule has 0 rings (SSSR count). The van der Waals surface area contributed by atoms with Crippen LogP contribution in [0.2, 0.25) is 0 Å². The number of hydrogen-bond acceptors (Lipinski definition) is 1. The molecule has 0 saturated carbocycles. The Morgan fingerprint density at radius 1 is 1.43 bits per heavy atom. The molecule has 0 aliphatic rings. The Labute approximate surface area is 45.1 Å². The van der Waals surface area contributed by atoms with Gasteiger partial charge in [-0.25, -0.2) is 4.74 Å². The maximum Gasteiger partial charge on any atom is 0.157 e. The number of hydrogen-bond donors (Lipinski definition) is 0. The highest BCUT2D eigenvalue weighted by molar-refractivity contribution is 5.73. The van der Waals surface area contributed by atoms with Gasteiger partial charge in [-0.05, 0) is 0 Å². The second kappa shape index (κ2) is 3.65. The van der Waals surface area contributed by atoms with Crippen molar-refractivity contribution in [1.29, 1.82) is 0 Å². The van der Waals surface area contributed by atoms with Gasteiger partial charge in [0.25, 0.3) is 0 Å². The molecule has 0 amide bonds. The molecule has 0 radical (unpaired) electrons. The molecule has 0 N–H and O–H groups in total. The lowest BCUT2D eigenvalue weighted by molar-refractivity contribution is -0.423. The summed E-state index contributed by atoms with van der Waals surface area (Å²) in [7, 11) is 1.48. The maximum atomic E-state index is 10.0. The lowest BCUT2D eigenvalue weighted by atomic mass is 10.5. The predicted molar refractivity (Wildman–Crippen MR) is 32.6 cm³/mol. The zero-order chi connectivity index (χ0) is 5.15. The topological polar surface area (TPSA) is 26.1 Å². The van der Waals surface area contributed by atoms with Gasteiger partial charge < -0.3 is 5.21 Å². The minimum absolute atomic E-state index is 0. The molecule has 0 aliphatic carbocycles. The summed E-state index contributed by atoms with van der Waals surface area (Å²) in [5, 5.41) is 10.0. The Bertz CT molecular complexity index is 58.1. The highest BCUT2D eigenvalue weighted by Crippen LogP contribution is 1.65. The standard InChI is InChI=1S/C4H9NO.CH4/c1-4(2)5(3)6;/h1-3H3;1H4. The fraction of sp³-hybridized carbons (Fsp3) is 0.800. The molecule has 0 heterocycles. The molecule has 0 unspecified atom stereocenters. The Hall–Kier alpha value is -0.530. The molecule has 0 aromatic heterocycles. The van der Waals surface area contributed by atoms with E-state index in [9.17, 15) is 5.21 Å². The molecule has 2 nitrogen and oxygen atoms in total. The molecular weight excluding hydrogens is 90.1 g/mol. The Kier molecular flexibility index (Phi) is 5.06. The van der Waals surface area contributed by atoms with E-state index in [4.69, 9.17) is 0 Å². The van der Waals surface area contributed by atoms with Crippen LogP contribution in [0.3, 0.4) is 0 Å². The van der Waals surface area contributed by atoms with E-state index in [1.165, 1.54) is 7.05 Å². The van der Waals surface area contributed by atoms with Crippen LogP contribution in [-0.2, 0) is 0 Å². The van der Waals surface area contributed by atoms with Crippen LogP contribution < -0.4 is 0 Å². The second-order valence-electron chi connectivity index (χ2n) is 1.44. The summed E-state index contributed by atoms with van der Waals surface area (Å²) in [4.78, 5) is 0. The summed E-state index contributed by atoms with van der Waals surface area (Å²) in [5.41, 5.74) is 0.787. The first-order chi connectivity index (χ1) is 2.64. The van der Waals surface area contributed by atoms with E-state index in [-0.39, 0.29) is 7.43 Å². The lowest BCUT2D eigenvalue weighted by Crippen LogP contribution is -2.01. The minimum Gasteiger partial charge on any atom is -0.624 e. The average molecular weight is 103 g/mol. The van der Waals surface area contributed by atoms with E-state index in [1.807, 2.05) is 0 Å². The van der Waals surface area contributed by atoms with Gasteiger partial charge in [-0.15, -0.1) is 0 Å². The van der Waals surface area contributed by atoms with Gasteiger partial charge in [-0.3, -0.25) is 0 Å². The fourth-order valence-corrected chi connectivity index (χ4v) is 0. The third-order valence-electron chi connectivity index (χ3n) is 0.630. The van der Waals surface area contributed by atoms with Crippen LogP contribution in [0.4, 0.5) is 0 Å². The van der Waals surface area contributed by atoms with Gasteiger partial charge in [-0.1, -0.05) is 7.43 Å². The van der Waals surface area contributed by atoms with Crippen molar-refractivity contribution in [2.45, 2.75) is 21.3 Å². The maximum absolute atomic E-state index is 10.0. The van der Waals surface area contributed by atoms with Crippen LogP contribution in [0.1, 0.15) is 21.3 Å². The molecule has 44 valence electrons. The summed E-state index contributed by atoms with van der Waals surface area (Å²) in [6.45, 7) is 3.54. The number of hydroxylamine groups is 1. The quantitative estimate of drug-likeness (QED) is 0.196. The van der Waals surface area contributed by atoms with E-state index in [0.717, 1.165) is 10.5 Å². The van der Waals surface area contributed by atoms with Crippen molar-refractivity contribution in [2.24, 2.45) is 0 Å². The lowest BCUT2D eigenvalue weighted by Gasteiger charge is -1.93. The highest BCUT2D eigenvalue weighted by Gasteiger charge is 1.79. The zero-order valence-electron chi connectivity index (χ0n) is 4.36. The molecule has 2 heteroatoms. The molecular formula is C5H13NO. The summed E-state index contributed by atoms with van der Waals surface area (Å²) < 4.78 is 0.833. The summed E-state index contributed by atoms with van der Waals surface area (Å²) >= 11 is 0. The molecule has 0 aromatic carbocycles. The van der Waals surface area contributed by atoms with Crippen molar-refractivity contribution in [3.05, 3.63) is 5.21 Å². The third-order valence-corrected chi connectivity index (χ3v) is 0.630. The fourth-order valence-electron chi connectivity index (χ4n) is 0. The summed E-state index contributed by atoms with van der Waals surface area (Å²) in [6, 6.07) is 0.